The lowest BCUT2D eigenvalue weighted by Gasteiger charge is -1.84. The van der Waals surface area contributed by atoms with Gasteiger partial charge >= 0.3 is 0 Å². The first-order valence-corrected chi connectivity index (χ1v) is 4.96. The Hall–Kier alpha value is -0.820. The van der Waals surface area contributed by atoms with Crippen molar-refractivity contribution in [1.82, 2.24) is 0 Å². The van der Waals surface area contributed by atoms with Crippen molar-refractivity contribution in [3.05, 3.63) is 36.5 Å². The molecule has 0 fully saturated rings. The molecule has 0 aliphatic heterocycles. The lowest BCUT2D eigenvalue weighted by Crippen LogP contribution is -1.69. The van der Waals surface area contributed by atoms with E-state index in [2.05, 4.69) is 31.2 Å². The van der Waals surface area contributed by atoms with Crippen LogP contribution >= 0.6 is 0 Å². The molecule has 0 saturated carbocycles. The van der Waals surface area contributed by atoms with E-state index in [0.29, 0.717) is 0 Å². The average molecular weight is 179 g/mol. The van der Waals surface area contributed by atoms with Crippen LogP contribution in [-0.2, 0) is 5.11 Å². The largest absolute Gasteiger partial charge is 0.232 e. The van der Waals surface area contributed by atoms with E-state index in [-0.39, 0.29) is 6.61 Å². The molecule has 0 bridgehead atoms. The predicted octanol–water partition coefficient (Wildman–Crippen LogP) is 3.67. The molecule has 0 N–H and O–H groups in total. The van der Waals surface area contributed by atoms with Crippen LogP contribution in [0, 0.1) is 0 Å². The van der Waals surface area contributed by atoms with Crippen LogP contribution in [0.4, 0.5) is 0 Å². The molecule has 0 rings (SSSR count). The lowest BCUT2D eigenvalue weighted by molar-refractivity contribution is 0.232. The number of hydrogen-bond acceptors (Lipinski definition) is 0. The van der Waals surface area contributed by atoms with Crippen LogP contribution in [0.2, 0.25) is 0 Å². The van der Waals surface area contributed by atoms with Gasteiger partial charge in [-0.1, -0.05) is 49.8 Å². The fourth-order valence-corrected chi connectivity index (χ4v) is 0.895. The maximum atomic E-state index is 10.0. The third kappa shape index (κ3) is 11.2. The highest BCUT2D eigenvalue weighted by Gasteiger charge is 1.75. The lowest BCUT2D eigenvalue weighted by atomic mass is 10.2. The van der Waals surface area contributed by atoms with Crippen LogP contribution in [0.5, 0.6) is 0 Å². The summed E-state index contributed by atoms with van der Waals surface area (Å²) in [5, 5.41) is 10.0. The third-order valence-corrected chi connectivity index (χ3v) is 1.60. The van der Waals surface area contributed by atoms with E-state index in [1.807, 2.05) is 6.08 Å². The Kier molecular flexibility index (Phi) is 10.5. The molecule has 73 valence electrons. The molecule has 0 heterocycles. The molecule has 1 radical (unpaired) electrons. The van der Waals surface area contributed by atoms with Crippen molar-refractivity contribution in [2.45, 2.75) is 32.6 Å². The van der Waals surface area contributed by atoms with Crippen LogP contribution in [-0.4, -0.2) is 6.61 Å². The van der Waals surface area contributed by atoms with Crippen LogP contribution < -0.4 is 0 Å². The molecule has 1 heteroatoms. The average Bonchev–Trinajstić information content (AvgIpc) is 2.16. The summed E-state index contributed by atoms with van der Waals surface area (Å²) in [5.74, 6) is 0. The fourth-order valence-electron chi connectivity index (χ4n) is 0.895. The first-order valence-electron chi connectivity index (χ1n) is 4.96. The zero-order valence-corrected chi connectivity index (χ0v) is 8.41. The maximum Gasteiger partial charge on any atom is 0.100 e. The van der Waals surface area contributed by atoms with Gasteiger partial charge in [0.25, 0.3) is 0 Å². The van der Waals surface area contributed by atoms with E-state index < -0.39 is 0 Å². The van der Waals surface area contributed by atoms with Gasteiger partial charge in [-0.25, -0.2) is 5.11 Å². The number of rotatable bonds is 7. The summed E-state index contributed by atoms with van der Waals surface area (Å²) in [6.07, 6.45) is 16.4. The van der Waals surface area contributed by atoms with Gasteiger partial charge in [0.1, 0.15) is 6.61 Å². The standard InChI is InChI=1S/C12H19O/c1-2-3-4-5-6-7-8-9-10-11-12-13/h4-7,10-11H,2-3,8-9,12H2,1H3/b5-4+,7-6+,11-10+. The number of unbranched alkanes of at least 4 members (excludes halogenated alkanes) is 2. The molecule has 13 heavy (non-hydrogen) atoms. The molecular weight excluding hydrogens is 160 g/mol. The number of hydrogen-bond donors (Lipinski definition) is 0. The Bertz CT molecular complexity index is 166. The summed E-state index contributed by atoms with van der Waals surface area (Å²) in [6.45, 7) is 2.07. The van der Waals surface area contributed by atoms with Crippen LogP contribution in [0.25, 0.3) is 0 Å². The zero-order chi connectivity index (χ0) is 9.78. The fraction of sp³-hybridized carbons (Fsp3) is 0.500. The molecular formula is C12H19O. The highest BCUT2D eigenvalue weighted by atomic mass is 16.2. The normalized spacial score (nSPS) is 12.5. The van der Waals surface area contributed by atoms with Gasteiger partial charge in [0.2, 0.25) is 0 Å². The van der Waals surface area contributed by atoms with Gasteiger partial charge in [0.15, 0.2) is 0 Å². The van der Waals surface area contributed by atoms with Gasteiger partial charge in [0.05, 0.1) is 0 Å². The maximum absolute atomic E-state index is 10.0. The zero-order valence-electron chi connectivity index (χ0n) is 8.41. The van der Waals surface area contributed by atoms with Crippen molar-refractivity contribution in [2.75, 3.05) is 6.61 Å². The monoisotopic (exact) mass is 179 g/mol. The van der Waals surface area contributed by atoms with E-state index in [4.69, 9.17) is 0 Å². The Morgan fingerprint density at radius 1 is 0.846 bits per heavy atom. The smallest absolute Gasteiger partial charge is 0.100 e. The molecule has 0 spiro atoms. The molecule has 0 unspecified atom stereocenters. The van der Waals surface area contributed by atoms with E-state index in [0.717, 1.165) is 19.3 Å². The van der Waals surface area contributed by atoms with Crippen molar-refractivity contribution < 1.29 is 5.11 Å². The van der Waals surface area contributed by atoms with Gasteiger partial charge in [-0.15, -0.1) is 0 Å². The van der Waals surface area contributed by atoms with E-state index in [1.54, 1.807) is 6.08 Å². The number of allylic oxidation sites excluding steroid dienone is 5. The van der Waals surface area contributed by atoms with Crippen molar-refractivity contribution in [3.8, 4) is 0 Å². The first kappa shape index (κ1) is 12.2. The highest BCUT2D eigenvalue weighted by molar-refractivity contribution is 5.02. The molecule has 0 aliphatic rings. The first-order chi connectivity index (χ1) is 6.41. The summed E-state index contributed by atoms with van der Waals surface area (Å²) in [7, 11) is 0. The Morgan fingerprint density at radius 3 is 2.08 bits per heavy atom. The Morgan fingerprint density at radius 2 is 1.46 bits per heavy atom. The van der Waals surface area contributed by atoms with Crippen molar-refractivity contribution in [2.24, 2.45) is 0 Å². The minimum atomic E-state index is -0.0971. The third-order valence-electron chi connectivity index (χ3n) is 1.60. The predicted molar refractivity (Wildman–Crippen MR) is 57.1 cm³/mol. The van der Waals surface area contributed by atoms with Gasteiger partial charge in [-0.05, 0) is 19.3 Å². The minimum Gasteiger partial charge on any atom is -0.232 e. The minimum absolute atomic E-state index is 0.0971. The van der Waals surface area contributed by atoms with Crippen LogP contribution in [0.15, 0.2) is 36.5 Å². The van der Waals surface area contributed by atoms with E-state index >= 15 is 0 Å². The van der Waals surface area contributed by atoms with E-state index in [9.17, 15) is 5.11 Å². The van der Waals surface area contributed by atoms with Crippen LogP contribution in [0.1, 0.15) is 32.6 Å². The molecule has 0 amide bonds. The molecule has 1 nitrogen and oxygen atoms in total. The molecule has 0 atom stereocenters. The van der Waals surface area contributed by atoms with Crippen LogP contribution in [0.3, 0.4) is 0 Å². The summed E-state index contributed by atoms with van der Waals surface area (Å²) in [5.41, 5.74) is 0. The summed E-state index contributed by atoms with van der Waals surface area (Å²) in [6, 6.07) is 0. The molecule has 0 aromatic heterocycles. The summed E-state index contributed by atoms with van der Waals surface area (Å²) >= 11 is 0. The van der Waals surface area contributed by atoms with Gasteiger partial charge in [-0.2, -0.15) is 0 Å². The summed E-state index contributed by atoms with van der Waals surface area (Å²) in [4.78, 5) is 0. The van der Waals surface area contributed by atoms with Crippen molar-refractivity contribution >= 4 is 0 Å². The SMILES string of the molecule is CCC/C=C/C=C/CC/C=C/C[O]. The van der Waals surface area contributed by atoms with E-state index in [1.165, 1.54) is 6.42 Å². The van der Waals surface area contributed by atoms with Gasteiger partial charge in [0, 0.05) is 0 Å². The second-order valence-corrected chi connectivity index (χ2v) is 2.86. The van der Waals surface area contributed by atoms with Crippen molar-refractivity contribution in [3.63, 3.8) is 0 Å². The Labute approximate surface area is 81.5 Å². The molecule has 0 aliphatic carbocycles. The van der Waals surface area contributed by atoms with Gasteiger partial charge in [-0.3, -0.25) is 0 Å². The molecule has 0 aromatic rings. The topological polar surface area (TPSA) is 19.9 Å². The Balaban J connectivity index is 3.26. The second-order valence-electron chi connectivity index (χ2n) is 2.86. The van der Waals surface area contributed by atoms with Crippen molar-refractivity contribution in [1.29, 1.82) is 0 Å². The molecule has 0 aromatic carbocycles. The molecule has 0 saturated heterocycles. The quantitative estimate of drug-likeness (QED) is 0.323. The highest BCUT2D eigenvalue weighted by Crippen LogP contribution is 1.94. The second kappa shape index (κ2) is 11.2. The van der Waals surface area contributed by atoms with Gasteiger partial charge < -0.3 is 0 Å². The summed E-state index contributed by atoms with van der Waals surface area (Å²) < 4.78 is 0.